The number of ether oxygens (including phenoxy) is 1. The molecule has 3 aromatic carbocycles. The van der Waals surface area contributed by atoms with E-state index in [1.54, 1.807) is 12.1 Å². The van der Waals surface area contributed by atoms with Gasteiger partial charge < -0.3 is 10.1 Å². The van der Waals surface area contributed by atoms with E-state index in [-0.39, 0.29) is 11.6 Å². The van der Waals surface area contributed by atoms with Gasteiger partial charge in [-0.15, -0.1) is 0 Å². The first-order valence-electron chi connectivity index (χ1n) is 9.67. The van der Waals surface area contributed by atoms with E-state index in [0.717, 1.165) is 16.8 Å². The number of nitrogens with one attached hydrogen (secondary N) is 1. The third-order valence-electron chi connectivity index (χ3n) is 5.13. The normalized spacial score (nSPS) is 13.8. The van der Waals surface area contributed by atoms with E-state index < -0.39 is 5.91 Å². The monoisotopic (exact) mass is 398 g/mol. The number of benzene rings is 3. The van der Waals surface area contributed by atoms with Crippen LogP contribution in [0.1, 0.15) is 16.7 Å². The maximum Gasteiger partial charge on any atom is 0.282 e. The van der Waals surface area contributed by atoms with Crippen LogP contribution in [0.2, 0.25) is 0 Å². The molecule has 0 saturated carbocycles. The number of aryl methyl sites for hydroxylation is 2. The van der Waals surface area contributed by atoms with Crippen molar-refractivity contribution in [2.24, 2.45) is 0 Å². The molecule has 3 aromatic rings. The van der Waals surface area contributed by atoms with E-state index in [9.17, 15) is 9.59 Å². The second-order valence-corrected chi connectivity index (χ2v) is 7.18. The molecule has 0 saturated heterocycles. The molecule has 1 aliphatic heterocycles. The highest BCUT2D eigenvalue weighted by Gasteiger charge is 2.41. The van der Waals surface area contributed by atoms with Crippen molar-refractivity contribution < 1.29 is 14.3 Å². The summed E-state index contributed by atoms with van der Waals surface area (Å²) in [5.74, 6) is -0.330. The molecule has 2 amide bonds. The number of amides is 2. The van der Waals surface area contributed by atoms with Crippen molar-refractivity contribution in [3.8, 4) is 5.75 Å². The predicted octanol–water partition coefficient (Wildman–Crippen LogP) is 4.71. The molecule has 1 aliphatic rings. The average molecular weight is 398 g/mol. The van der Waals surface area contributed by atoms with Gasteiger partial charge in [0.1, 0.15) is 11.4 Å². The van der Waals surface area contributed by atoms with Gasteiger partial charge in [0.2, 0.25) is 0 Å². The molecule has 0 aromatic heterocycles. The first kappa shape index (κ1) is 19.5. The van der Waals surface area contributed by atoms with Gasteiger partial charge in [-0.3, -0.25) is 9.59 Å². The van der Waals surface area contributed by atoms with E-state index in [1.807, 2.05) is 74.5 Å². The zero-order valence-electron chi connectivity index (χ0n) is 17.1. The molecule has 4 rings (SSSR count). The third kappa shape index (κ3) is 3.35. The van der Waals surface area contributed by atoms with E-state index >= 15 is 0 Å². The van der Waals surface area contributed by atoms with Crippen LogP contribution in [0.4, 0.5) is 11.4 Å². The van der Waals surface area contributed by atoms with Gasteiger partial charge in [-0.2, -0.15) is 0 Å². The summed E-state index contributed by atoms with van der Waals surface area (Å²) < 4.78 is 5.44. The van der Waals surface area contributed by atoms with Gasteiger partial charge in [-0.25, -0.2) is 4.90 Å². The number of hydrogen-bond acceptors (Lipinski definition) is 4. The molecule has 1 heterocycles. The summed E-state index contributed by atoms with van der Waals surface area (Å²) in [5.41, 5.74) is 4.39. The van der Waals surface area contributed by atoms with Crippen LogP contribution in [0, 0.1) is 13.8 Å². The van der Waals surface area contributed by atoms with Crippen molar-refractivity contribution in [3.63, 3.8) is 0 Å². The van der Waals surface area contributed by atoms with Crippen molar-refractivity contribution in [2.75, 3.05) is 17.3 Å². The summed E-state index contributed by atoms with van der Waals surface area (Å²) in [6.07, 6.45) is 0. The lowest BCUT2D eigenvalue weighted by molar-refractivity contribution is -0.120. The minimum Gasteiger partial charge on any atom is -0.495 e. The number of anilines is 2. The van der Waals surface area contributed by atoms with Crippen molar-refractivity contribution in [1.29, 1.82) is 0 Å². The van der Waals surface area contributed by atoms with Gasteiger partial charge in [0, 0.05) is 5.69 Å². The van der Waals surface area contributed by atoms with Gasteiger partial charge in [-0.05, 0) is 48.7 Å². The van der Waals surface area contributed by atoms with Crippen LogP contribution in [0.3, 0.4) is 0 Å². The number of methoxy groups -OCH3 is 1. The Morgan fingerprint density at radius 1 is 0.833 bits per heavy atom. The molecule has 0 spiro atoms. The lowest BCUT2D eigenvalue weighted by Gasteiger charge is -2.19. The highest BCUT2D eigenvalue weighted by molar-refractivity contribution is 6.46. The Kier molecular flexibility index (Phi) is 5.11. The molecular formula is C25H22N2O3. The van der Waals surface area contributed by atoms with Gasteiger partial charge >= 0.3 is 0 Å². The highest BCUT2D eigenvalue weighted by Crippen LogP contribution is 2.38. The van der Waals surface area contributed by atoms with Gasteiger partial charge in [0.15, 0.2) is 0 Å². The van der Waals surface area contributed by atoms with Crippen LogP contribution in [-0.2, 0) is 9.59 Å². The van der Waals surface area contributed by atoms with E-state index in [4.69, 9.17) is 4.74 Å². The molecule has 5 nitrogen and oxygen atoms in total. The Morgan fingerprint density at radius 2 is 1.53 bits per heavy atom. The summed E-state index contributed by atoms with van der Waals surface area (Å²) in [5, 5.41) is 3.22. The molecule has 5 heteroatoms. The minimum atomic E-state index is -0.411. The maximum atomic E-state index is 13.5. The standard InChI is InChI=1S/C25H22N2O3/c1-16-13-14-21(30-3)20(15-16)27-24(28)22(18-10-5-4-6-11-18)23(25(27)29)26-19-12-8-7-9-17(19)2/h4-15,26H,1-3H3. The van der Waals surface area contributed by atoms with Crippen molar-refractivity contribution in [1.82, 2.24) is 0 Å². The summed E-state index contributed by atoms with van der Waals surface area (Å²) in [7, 11) is 1.53. The lowest BCUT2D eigenvalue weighted by atomic mass is 10.0. The second-order valence-electron chi connectivity index (χ2n) is 7.18. The van der Waals surface area contributed by atoms with Crippen molar-refractivity contribution in [2.45, 2.75) is 13.8 Å². The fraction of sp³-hybridized carbons (Fsp3) is 0.120. The molecule has 0 atom stereocenters. The molecule has 0 fully saturated rings. The van der Waals surface area contributed by atoms with Crippen LogP contribution >= 0.6 is 0 Å². The third-order valence-corrected chi connectivity index (χ3v) is 5.13. The van der Waals surface area contributed by atoms with Crippen molar-refractivity contribution in [3.05, 3.63) is 95.2 Å². The molecule has 150 valence electrons. The van der Waals surface area contributed by atoms with Gasteiger partial charge in [0.05, 0.1) is 18.4 Å². The quantitative estimate of drug-likeness (QED) is 0.633. The summed E-state index contributed by atoms with van der Waals surface area (Å²) in [4.78, 5) is 28.2. The second kappa shape index (κ2) is 7.87. The van der Waals surface area contributed by atoms with E-state index in [2.05, 4.69) is 5.32 Å². The highest BCUT2D eigenvalue weighted by atomic mass is 16.5. The van der Waals surface area contributed by atoms with Gasteiger partial charge in [-0.1, -0.05) is 54.6 Å². The fourth-order valence-electron chi connectivity index (χ4n) is 3.56. The smallest absolute Gasteiger partial charge is 0.282 e. The predicted molar refractivity (Wildman–Crippen MR) is 118 cm³/mol. The molecule has 30 heavy (non-hydrogen) atoms. The molecule has 0 unspecified atom stereocenters. The van der Waals surface area contributed by atoms with Crippen LogP contribution in [0.5, 0.6) is 5.75 Å². The molecule has 1 N–H and O–H groups in total. The topological polar surface area (TPSA) is 58.6 Å². The number of nitrogens with zero attached hydrogens (tertiary/aromatic N) is 1. The maximum absolute atomic E-state index is 13.5. The molecule has 0 aliphatic carbocycles. The number of carbonyl (C=O) groups excluding carboxylic acids is 2. The number of rotatable bonds is 5. The largest absolute Gasteiger partial charge is 0.495 e. The first-order valence-corrected chi connectivity index (χ1v) is 9.67. The van der Waals surface area contributed by atoms with Gasteiger partial charge in [0.25, 0.3) is 11.8 Å². The van der Waals surface area contributed by atoms with Crippen LogP contribution in [-0.4, -0.2) is 18.9 Å². The molecule has 0 bridgehead atoms. The molecule has 0 radical (unpaired) electrons. The lowest BCUT2D eigenvalue weighted by Crippen LogP contribution is -2.32. The average Bonchev–Trinajstić information content (AvgIpc) is 2.99. The molecular weight excluding hydrogens is 376 g/mol. The summed E-state index contributed by atoms with van der Waals surface area (Å²) in [6.45, 7) is 3.86. The fourth-order valence-corrected chi connectivity index (χ4v) is 3.56. The summed E-state index contributed by atoms with van der Waals surface area (Å²) >= 11 is 0. The van der Waals surface area contributed by atoms with Crippen LogP contribution in [0.15, 0.2) is 78.5 Å². The Labute approximate surface area is 175 Å². The zero-order chi connectivity index (χ0) is 21.3. The number of carbonyl (C=O) groups is 2. The Morgan fingerprint density at radius 3 is 2.23 bits per heavy atom. The first-order chi connectivity index (χ1) is 14.5. The Balaban J connectivity index is 1.87. The zero-order valence-corrected chi connectivity index (χ0v) is 17.1. The summed E-state index contributed by atoms with van der Waals surface area (Å²) in [6, 6.07) is 22.3. The Bertz CT molecular complexity index is 1170. The Hall–Kier alpha value is -3.86. The SMILES string of the molecule is COc1ccc(C)cc1N1C(=O)C(Nc2ccccc2C)=C(c2ccccc2)C1=O. The minimum absolute atomic E-state index is 0.254. The number of hydrogen-bond donors (Lipinski definition) is 1. The van der Waals surface area contributed by atoms with Crippen LogP contribution in [0.25, 0.3) is 5.57 Å². The van der Waals surface area contributed by atoms with E-state index in [1.165, 1.54) is 12.0 Å². The van der Waals surface area contributed by atoms with Crippen molar-refractivity contribution >= 4 is 28.8 Å². The number of imide groups is 1. The number of para-hydroxylation sites is 1. The van der Waals surface area contributed by atoms with E-state index in [0.29, 0.717) is 22.6 Å². The van der Waals surface area contributed by atoms with Crippen LogP contribution < -0.4 is 15.0 Å².